The van der Waals surface area contributed by atoms with Crippen molar-refractivity contribution in [3.63, 3.8) is 0 Å². The quantitative estimate of drug-likeness (QED) is 0.403. The van der Waals surface area contributed by atoms with Crippen LogP contribution in [0.4, 0.5) is 10.1 Å². The van der Waals surface area contributed by atoms with Gasteiger partial charge in [0.15, 0.2) is 5.76 Å². The third-order valence-electron chi connectivity index (χ3n) is 5.05. The molecule has 10 heteroatoms. The molecule has 33 heavy (non-hydrogen) atoms. The summed E-state index contributed by atoms with van der Waals surface area (Å²) in [5.74, 6) is 0.124. The van der Waals surface area contributed by atoms with Crippen molar-refractivity contribution in [1.29, 1.82) is 0 Å². The van der Waals surface area contributed by atoms with Gasteiger partial charge in [0.1, 0.15) is 22.9 Å². The highest BCUT2D eigenvalue weighted by molar-refractivity contribution is 6.13. The van der Waals surface area contributed by atoms with E-state index in [1.165, 1.54) is 29.1 Å². The van der Waals surface area contributed by atoms with Crippen molar-refractivity contribution < 1.29 is 22.9 Å². The van der Waals surface area contributed by atoms with Crippen LogP contribution < -0.4 is 10.1 Å². The number of fused-ring (bicyclic) bond motifs is 1. The van der Waals surface area contributed by atoms with Gasteiger partial charge in [-0.05, 0) is 44.2 Å². The fourth-order valence-corrected chi connectivity index (χ4v) is 3.55. The summed E-state index contributed by atoms with van der Waals surface area (Å²) >= 11 is 0. The largest absolute Gasteiger partial charge is 0.463 e. The number of carbonyl (C=O) groups is 1. The van der Waals surface area contributed by atoms with Crippen LogP contribution in [0.5, 0.6) is 11.6 Å². The average molecular weight is 447 g/mol. The van der Waals surface area contributed by atoms with Gasteiger partial charge in [0.2, 0.25) is 5.88 Å². The second-order valence-electron chi connectivity index (χ2n) is 7.38. The lowest BCUT2D eigenvalue weighted by Crippen LogP contribution is -2.14. The van der Waals surface area contributed by atoms with E-state index in [1.807, 2.05) is 0 Å². The number of ether oxygens (including phenoxy) is 1. The predicted molar refractivity (Wildman–Crippen MR) is 117 cm³/mol. The van der Waals surface area contributed by atoms with E-state index in [2.05, 4.69) is 20.6 Å². The summed E-state index contributed by atoms with van der Waals surface area (Å²) in [6, 6.07) is 10.8. The highest BCUT2D eigenvalue weighted by atomic mass is 19.1. The number of benzene rings is 1. The predicted octanol–water partition coefficient (Wildman–Crippen LogP) is 5.02. The maximum atomic E-state index is 13.6. The Bertz CT molecular complexity index is 1490. The number of hydrogen-bond acceptors (Lipinski definition) is 7. The van der Waals surface area contributed by atoms with E-state index < -0.39 is 11.7 Å². The number of amides is 1. The number of nitrogens with zero attached hydrogens (tertiary/aromatic N) is 4. The van der Waals surface area contributed by atoms with Crippen molar-refractivity contribution in [2.75, 3.05) is 5.32 Å². The number of carbonyl (C=O) groups excluding carboxylic acids is 1. The van der Waals surface area contributed by atoms with Gasteiger partial charge in [-0.1, -0.05) is 11.2 Å². The van der Waals surface area contributed by atoms with Gasteiger partial charge in [-0.15, -0.1) is 0 Å². The molecular weight excluding hydrogens is 429 g/mol. The van der Waals surface area contributed by atoms with Gasteiger partial charge < -0.3 is 19.0 Å². The van der Waals surface area contributed by atoms with Crippen molar-refractivity contribution in [2.24, 2.45) is 7.05 Å². The first-order valence-electron chi connectivity index (χ1n) is 10.00. The minimum absolute atomic E-state index is 0.214. The van der Waals surface area contributed by atoms with Crippen LogP contribution in [-0.4, -0.2) is 25.8 Å². The van der Waals surface area contributed by atoms with Crippen LogP contribution in [0.25, 0.3) is 22.6 Å². The third-order valence-corrected chi connectivity index (χ3v) is 5.05. The summed E-state index contributed by atoms with van der Waals surface area (Å²) in [6.07, 6.45) is 1.52. The zero-order chi connectivity index (χ0) is 23.1. The van der Waals surface area contributed by atoms with E-state index in [1.54, 1.807) is 45.2 Å². The fraction of sp³-hybridized carbons (Fsp3) is 0.130. The van der Waals surface area contributed by atoms with Crippen LogP contribution in [0.3, 0.4) is 0 Å². The van der Waals surface area contributed by atoms with Crippen molar-refractivity contribution in [3.05, 3.63) is 71.5 Å². The van der Waals surface area contributed by atoms with Crippen LogP contribution >= 0.6 is 0 Å². The Labute approximate surface area is 186 Å². The Morgan fingerprint density at radius 3 is 2.76 bits per heavy atom. The van der Waals surface area contributed by atoms with Gasteiger partial charge in [0.25, 0.3) is 11.6 Å². The molecule has 1 N–H and O–H groups in total. The van der Waals surface area contributed by atoms with Crippen molar-refractivity contribution in [3.8, 4) is 23.1 Å². The zero-order valence-electron chi connectivity index (χ0n) is 17.9. The lowest BCUT2D eigenvalue weighted by atomic mass is 10.1. The molecule has 1 amide bonds. The number of aryl methyl sites for hydroxylation is 3. The second kappa shape index (κ2) is 7.90. The van der Waals surface area contributed by atoms with E-state index in [9.17, 15) is 9.18 Å². The van der Waals surface area contributed by atoms with Crippen LogP contribution in [0.15, 0.2) is 57.7 Å². The molecule has 0 bridgehead atoms. The third kappa shape index (κ3) is 3.71. The monoisotopic (exact) mass is 447 g/mol. The smallest absolute Gasteiger partial charge is 0.259 e. The van der Waals surface area contributed by atoms with Crippen LogP contribution in [-0.2, 0) is 7.05 Å². The average Bonchev–Trinajstić information content (AvgIpc) is 3.50. The number of anilines is 1. The molecule has 4 aromatic heterocycles. The highest BCUT2D eigenvalue weighted by Gasteiger charge is 2.24. The van der Waals surface area contributed by atoms with Gasteiger partial charge in [-0.3, -0.25) is 4.79 Å². The summed E-state index contributed by atoms with van der Waals surface area (Å²) in [4.78, 5) is 17.8. The Morgan fingerprint density at radius 2 is 2.00 bits per heavy atom. The fourth-order valence-electron chi connectivity index (χ4n) is 3.55. The standard InChI is InChI=1S/C23H18FN5O4/c1-12-19-16(11-17(18-8-5-9-31-18)25-22(19)33-28-12)21(30)26-20-13(2)27-29(3)23(20)32-15-7-4-6-14(24)10-15/h4-11H,1-3H3,(H,26,30). The molecule has 0 fully saturated rings. The van der Waals surface area contributed by atoms with Gasteiger partial charge >= 0.3 is 0 Å². The van der Waals surface area contributed by atoms with Crippen LogP contribution in [0.2, 0.25) is 0 Å². The number of furan rings is 1. The van der Waals surface area contributed by atoms with E-state index >= 15 is 0 Å². The van der Waals surface area contributed by atoms with Crippen LogP contribution in [0.1, 0.15) is 21.7 Å². The molecule has 9 nitrogen and oxygen atoms in total. The van der Waals surface area contributed by atoms with E-state index in [-0.39, 0.29) is 17.3 Å². The molecule has 0 saturated heterocycles. The molecule has 0 spiro atoms. The molecule has 0 aliphatic heterocycles. The number of hydrogen-bond donors (Lipinski definition) is 1. The summed E-state index contributed by atoms with van der Waals surface area (Å²) in [5.41, 5.74) is 2.33. The van der Waals surface area contributed by atoms with Crippen molar-refractivity contribution in [1.82, 2.24) is 19.9 Å². The lowest BCUT2D eigenvalue weighted by Gasteiger charge is -2.11. The van der Waals surface area contributed by atoms with Gasteiger partial charge in [-0.25, -0.2) is 14.1 Å². The molecule has 5 aromatic rings. The van der Waals surface area contributed by atoms with E-state index in [0.717, 1.165) is 0 Å². The molecule has 0 aliphatic carbocycles. The normalized spacial score (nSPS) is 11.2. The molecule has 0 unspecified atom stereocenters. The summed E-state index contributed by atoms with van der Waals surface area (Å²) in [5, 5.41) is 11.6. The molecule has 0 radical (unpaired) electrons. The van der Waals surface area contributed by atoms with Crippen molar-refractivity contribution in [2.45, 2.75) is 13.8 Å². The topological polar surface area (TPSA) is 108 Å². The summed E-state index contributed by atoms with van der Waals surface area (Å²) < 4.78 is 31.7. The van der Waals surface area contributed by atoms with Gasteiger partial charge in [0.05, 0.1) is 28.6 Å². The molecular formula is C23H18FN5O4. The van der Waals surface area contributed by atoms with Crippen molar-refractivity contribution >= 4 is 22.7 Å². The summed E-state index contributed by atoms with van der Waals surface area (Å²) in [7, 11) is 1.67. The number of pyridine rings is 1. The number of aromatic nitrogens is 4. The maximum Gasteiger partial charge on any atom is 0.259 e. The second-order valence-corrected chi connectivity index (χ2v) is 7.38. The Kier molecular flexibility index (Phi) is 4.89. The number of rotatable bonds is 5. The lowest BCUT2D eigenvalue weighted by molar-refractivity contribution is 0.102. The molecule has 0 atom stereocenters. The Balaban J connectivity index is 1.55. The SMILES string of the molecule is Cc1nn(C)c(Oc2cccc(F)c2)c1NC(=O)c1cc(-c2ccco2)nc2onc(C)c12. The molecule has 0 saturated carbocycles. The molecule has 166 valence electrons. The molecule has 1 aromatic carbocycles. The van der Waals surface area contributed by atoms with Gasteiger partial charge in [-0.2, -0.15) is 5.10 Å². The minimum atomic E-state index is -0.443. The zero-order valence-corrected chi connectivity index (χ0v) is 17.9. The summed E-state index contributed by atoms with van der Waals surface area (Å²) in [6.45, 7) is 3.46. The molecule has 5 rings (SSSR count). The Morgan fingerprint density at radius 1 is 1.15 bits per heavy atom. The number of halogens is 1. The van der Waals surface area contributed by atoms with E-state index in [4.69, 9.17) is 13.7 Å². The highest BCUT2D eigenvalue weighted by Crippen LogP contribution is 2.34. The maximum absolute atomic E-state index is 13.6. The van der Waals surface area contributed by atoms with Gasteiger partial charge in [0, 0.05) is 13.1 Å². The minimum Gasteiger partial charge on any atom is -0.463 e. The molecule has 4 heterocycles. The number of nitrogens with one attached hydrogen (secondary N) is 1. The first kappa shape index (κ1) is 20.4. The first-order valence-corrected chi connectivity index (χ1v) is 10.00. The first-order chi connectivity index (χ1) is 15.9. The Hall–Kier alpha value is -4.47. The van der Waals surface area contributed by atoms with E-state index in [0.29, 0.717) is 39.5 Å². The van der Waals surface area contributed by atoms with Crippen LogP contribution in [0, 0.1) is 19.7 Å². The molecule has 0 aliphatic rings.